The van der Waals surface area contributed by atoms with E-state index in [0.29, 0.717) is 0 Å². The molecule has 0 aliphatic heterocycles. The number of hydrogen-bond donors (Lipinski definition) is 2. The first kappa shape index (κ1) is 13.0. The fraction of sp³-hybridized carbons (Fsp3) is 0.222. The first-order valence-electron chi connectivity index (χ1n) is 4.02. The fourth-order valence-electron chi connectivity index (χ4n) is 0.985. The number of para-hydroxylation sites is 1. The molecule has 2 N–H and O–H groups in total. The molecule has 0 radical (unpaired) electrons. The van der Waals surface area contributed by atoms with Crippen LogP contribution in [0.15, 0.2) is 30.3 Å². The van der Waals surface area contributed by atoms with Crippen molar-refractivity contribution in [3.63, 3.8) is 0 Å². The molecule has 0 aliphatic rings. The van der Waals surface area contributed by atoms with Gasteiger partial charge in [0, 0.05) is 5.69 Å². The maximum Gasteiger partial charge on any atom is 0.329 e. The van der Waals surface area contributed by atoms with Gasteiger partial charge >= 0.3 is 5.97 Å². The van der Waals surface area contributed by atoms with Gasteiger partial charge in [-0.1, -0.05) is 66.0 Å². The number of benzene rings is 1. The fourth-order valence-corrected chi connectivity index (χ4v) is 1.92. The zero-order valence-electron chi connectivity index (χ0n) is 7.45. The summed E-state index contributed by atoms with van der Waals surface area (Å²) in [6.07, 6.45) is 0. The Kier molecular flexibility index (Phi) is 4.61. The van der Waals surface area contributed by atoms with Crippen LogP contribution in [0.4, 0.5) is 5.69 Å². The number of carboxylic acid groups (broad SMARTS) is 1. The van der Waals surface area contributed by atoms with Crippen LogP contribution in [0.5, 0.6) is 0 Å². The maximum atomic E-state index is 11.0. The van der Waals surface area contributed by atoms with Crippen LogP contribution < -0.4 is 5.32 Å². The van der Waals surface area contributed by atoms with Crippen molar-refractivity contribution in [2.75, 3.05) is 5.32 Å². The van der Waals surface area contributed by atoms with Gasteiger partial charge in [-0.2, -0.15) is 0 Å². The lowest BCUT2D eigenvalue weighted by Gasteiger charge is -2.23. The van der Waals surface area contributed by atoms with Gasteiger partial charge in [-0.05, 0) is 12.1 Å². The molecule has 0 unspecified atom stereocenters. The van der Waals surface area contributed by atoms with Crippen molar-refractivity contribution in [3.8, 4) is 0 Å². The average Bonchev–Trinajstić information content (AvgIpc) is 2.13. The first-order chi connectivity index (χ1) is 6.91. The zero-order chi connectivity index (χ0) is 11.5. The number of aliphatic carboxylic acids is 1. The molecule has 0 spiro atoms. The minimum atomic E-state index is -0.968. The molecule has 1 atom stereocenters. The van der Waals surface area contributed by atoms with Gasteiger partial charge < -0.3 is 10.4 Å². The molecular weight excluding hydrogens is 394 g/mol. The largest absolute Gasteiger partial charge is 0.480 e. The molecule has 15 heavy (non-hydrogen) atoms. The predicted molar refractivity (Wildman–Crippen MR) is 71.0 cm³/mol. The molecule has 0 aliphatic carbocycles. The summed E-state index contributed by atoms with van der Waals surface area (Å²) in [4.78, 5) is 11.0. The van der Waals surface area contributed by atoms with E-state index in [1.54, 1.807) is 12.1 Å². The minimum Gasteiger partial charge on any atom is -0.480 e. The van der Waals surface area contributed by atoms with E-state index in [1.807, 2.05) is 18.2 Å². The Balaban J connectivity index is 2.82. The van der Waals surface area contributed by atoms with Gasteiger partial charge in [0.1, 0.15) is 0 Å². The second-order valence-corrected chi connectivity index (χ2v) is 9.77. The van der Waals surface area contributed by atoms with Crippen molar-refractivity contribution >= 4 is 59.4 Å². The van der Waals surface area contributed by atoms with Crippen molar-refractivity contribution < 1.29 is 9.90 Å². The molecule has 1 aromatic rings. The lowest BCUT2D eigenvalue weighted by molar-refractivity contribution is -0.137. The van der Waals surface area contributed by atoms with Gasteiger partial charge in [-0.25, -0.2) is 4.79 Å². The third kappa shape index (κ3) is 4.12. The molecule has 3 nitrogen and oxygen atoms in total. The van der Waals surface area contributed by atoms with Gasteiger partial charge in [0.05, 0.1) is 0 Å². The van der Waals surface area contributed by atoms with Gasteiger partial charge in [-0.15, -0.1) is 0 Å². The highest BCUT2D eigenvalue weighted by Gasteiger charge is 2.36. The van der Waals surface area contributed by atoms with E-state index in [4.69, 9.17) is 5.11 Å². The van der Waals surface area contributed by atoms with E-state index >= 15 is 0 Å². The molecule has 82 valence electrons. The lowest BCUT2D eigenvalue weighted by Crippen LogP contribution is -2.39. The van der Waals surface area contributed by atoms with Gasteiger partial charge in [-0.3, -0.25) is 0 Å². The second-order valence-electron chi connectivity index (χ2n) is 2.82. The topological polar surface area (TPSA) is 49.3 Å². The van der Waals surface area contributed by atoms with E-state index < -0.39 is 14.2 Å². The number of anilines is 1. The molecule has 0 amide bonds. The lowest BCUT2D eigenvalue weighted by atomic mass is 10.2. The summed E-state index contributed by atoms with van der Waals surface area (Å²) in [5.41, 5.74) is 0.743. The number of carbonyl (C=O) groups is 1. The smallest absolute Gasteiger partial charge is 0.329 e. The standard InChI is InChI=1S/C9H8Br3NO2/c10-9(11,12)7(8(14)15)13-6-4-2-1-3-5-6/h1-5,7,13H,(H,14,15)/t7-/m1/s1. The summed E-state index contributed by atoms with van der Waals surface area (Å²) in [7, 11) is 0. The number of halogens is 3. The van der Waals surface area contributed by atoms with Crippen LogP contribution in [0, 0.1) is 0 Å². The quantitative estimate of drug-likeness (QED) is 0.763. The molecule has 0 bridgehead atoms. The molecule has 0 aromatic heterocycles. The second kappa shape index (κ2) is 5.32. The highest BCUT2D eigenvalue weighted by atomic mass is 80.0. The summed E-state index contributed by atoms with van der Waals surface area (Å²) in [5.74, 6) is -0.968. The molecular formula is C9H8Br3NO2. The SMILES string of the molecule is O=C(O)[C@@H](Nc1ccccc1)C(Br)(Br)Br. The summed E-state index contributed by atoms with van der Waals surface area (Å²) in [5, 5.41) is 11.9. The van der Waals surface area contributed by atoms with Crippen LogP contribution in [0.25, 0.3) is 0 Å². The third-order valence-corrected chi connectivity index (χ3v) is 3.03. The van der Waals surface area contributed by atoms with Crippen LogP contribution in [0.3, 0.4) is 0 Å². The summed E-state index contributed by atoms with van der Waals surface area (Å²) >= 11 is 9.58. The van der Waals surface area contributed by atoms with Crippen LogP contribution in [0.2, 0.25) is 0 Å². The number of rotatable bonds is 3. The summed E-state index contributed by atoms with van der Waals surface area (Å²) in [6.45, 7) is 0. The van der Waals surface area contributed by atoms with E-state index in [2.05, 4.69) is 53.1 Å². The Morgan fingerprint density at radius 1 is 1.27 bits per heavy atom. The van der Waals surface area contributed by atoms with Crippen LogP contribution in [-0.2, 0) is 4.79 Å². The molecule has 0 saturated carbocycles. The molecule has 1 rings (SSSR count). The van der Waals surface area contributed by atoms with Crippen LogP contribution in [0.1, 0.15) is 0 Å². The molecule has 6 heteroatoms. The molecule has 0 heterocycles. The monoisotopic (exact) mass is 399 g/mol. The van der Waals surface area contributed by atoms with E-state index in [1.165, 1.54) is 0 Å². The predicted octanol–water partition coefficient (Wildman–Crippen LogP) is 3.39. The van der Waals surface area contributed by atoms with Gasteiger partial charge in [0.15, 0.2) is 8.18 Å². The normalized spacial score (nSPS) is 13.3. The Labute approximate surface area is 113 Å². The van der Waals surface area contributed by atoms with Gasteiger partial charge in [0.25, 0.3) is 0 Å². The highest BCUT2D eigenvalue weighted by Crippen LogP contribution is 2.38. The molecule has 0 fully saturated rings. The van der Waals surface area contributed by atoms with E-state index in [0.717, 1.165) is 5.69 Å². The summed E-state index contributed by atoms with van der Waals surface area (Å²) in [6, 6.07) is 8.30. The highest BCUT2D eigenvalue weighted by molar-refractivity contribution is 9.39. The van der Waals surface area contributed by atoms with Crippen molar-refractivity contribution in [1.29, 1.82) is 0 Å². The van der Waals surface area contributed by atoms with Gasteiger partial charge in [0.2, 0.25) is 0 Å². The van der Waals surface area contributed by atoms with Crippen molar-refractivity contribution in [1.82, 2.24) is 0 Å². The number of nitrogens with one attached hydrogen (secondary N) is 1. The minimum absolute atomic E-state index is 0.743. The van der Waals surface area contributed by atoms with Crippen molar-refractivity contribution in [3.05, 3.63) is 30.3 Å². The number of carboxylic acids is 1. The zero-order valence-corrected chi connectivity index (χ0v) is 12.2. The van der Waals surface area contributed by atoms with Crippen LogP contribution in [-0.4, -0.2) is 19.3 Å². The third-order valence-electron chi connectivity index (χ3n) is 1.66. The van der Waals surface area contributed by atoms with Crippen LogP contribution >= 0.6 is 47.8 Å². The Morgan fingerprint density at radius 3 is 2.20 bits per heavy atom. The molecule has 0 saturated heterocycles. The van der Waals surface area contributed by atoms with E-state index in [-0.39, 0.29) is 0 Å². The van der Waals surface area contributed by atoms with E-state index in [9.17, 15) is 4.79 Å². The van der Waals surface area contributed by atoms with Crippen molar-refractivity contribution in [2.24, 2.45) is 0 Å². The Morgan fingerprint density at radius 2 is 1.80 bits per heavy atom. The first-order valence-corrected chi connectivity index (χ1v) is 6.40. The van der Waals surface area contributed by atoms with Crippen molar-refractivity contribution in [2.45, 2.75) is 8.18 Å². The number of hydrogen-bond acceptors (Lipinski definition) is 2. The Hall–Kier alpha value is -0.0700. The Bertz CT molecular complexity index is 337. The summed E-state index contributed by atoms with van der Waals surface area (Å²) < 4.78 is -0.880. The number of alkyl halides is 3. The maximum absolute atomic E-state index is 11.0. The molecule has 1 aromatic carbocycles. The average molecular weight is 402 g/mol.